The van der Waals surface area contributed by atoms with E-state index < -0.39 is 0 Å². The van der Waals surface area contributed by atoms with Crippen LogP contribution in [0.5, 0.6) is 5.75 Å². The number of hydrogen-bond donors (Lipinski definition) is 1. The molecule has 0 radical (unpaired) electrons. The van der Waals surface area contributed by atoms with Crippen molar-refractivity contribution in [2.24, 2.45) is 11.7 Å². The van der Waals surface area contributed by atoms with E-state index in [0.29, 0.717) is 12.5 Å². The Kier molecular flexibility index (Phi) is 6.40. The van der Waals surface area contributed by atoms with Gasteiger partial charge >= 0.3 is 0 Å². The lowest BCUT2D eigenvalue weighted by molar-refractivity contribution is 0.101. The molecular formula is C18H28N2O2. The molecule has 2 N–H and O–H groups in total. The van der Waals surface area contributed by atoms with E-state index in [4.69, 9.17) is 10.5 Å². The maximum atomic E-state index is 11.6. The van der Waals surface area contributed by atoms with Crippen molar-refractivity contribution < 1.29 is 9.53 Å². The summed E-state index contributed by atoms with van der Waals surface area (Å²) in [5.74, 6) is 1.70. The van der Waals surface area contributed by atoms with Crippen LogP contribution in [0.3, 0.4) is 0 Å². The van der Waals surface area contributed by atoms with Crippen molar-refractivity contribution >= 4 is 5.78 Å². The zero-order valence-electron chi connectivity index (χ0n) is 13.8. The van der Waals surface area contributed by atoms with Crippen molar-refractivity contribution in [3.63, 3.8) is 0 Å². The van der Waals surface area contributed by atoms with E-state index in [9.17, 15) is 4.79 Å². The lowest BCUT2D eigenvalue weighted by Gasteiger charge is -2.33. The molecule has 4 heteroatoms. The first-order valence-electron chi connectivity index (χ1n) is 8.33. The van der Waals surface area contributed by atoms with Crippen molar-refractivity contribution in [2.45, 2.75) is 39.7 Å². The first-order valence-corrected chi connectivity index (χ1v) is 8.33. The Morgan fingerprint density at radius 2 is 2.27 bits per heavy atom. The second kappa shape index (κ2) is 8.30. The van der Waals surface area contributed by atoms with Gasteiger partial charge < -0.3 is 10.5 Å². The summed E-state index contributed by atoms with van der Waals surface area (Å²) in [6.45, 7) is 8.05. The Bertz CT molecular complexity index is 500. The first kappa shape index (κ1) is 17.0. The van der Waals surface area contributed by atoms with Gasteiger partial charge in [0.15, 0.2) is 5.78 Å². The molecule has 1 aliphatic rings. The summed E-state index contributed by atoms with van der Waals surface area (Å²) in [6.07, 6.45) is 3.60. The fourth-order valence-electron chi connectivity index (χ4n) is 3.23. The Balaban J connectivity index is 2.12. The molecule has 0 bridgehead atoms. The number of carbonyl (C=O) groups is 1. The lowest BCUT2D eigenvalue weighted by Crippen LogP contribution is -2.35. The van der Waals surface area contributed by atoms with Crippen LogP contribution in [0.25, 0.3) is 0 Å². The van der Waals surface area contributed by atoms with E-state index in [1.54, 1.807) is 6.92 Å². The highest BCUT2D eigenvalue weighted by molar-refractivity contribution is 5.94. The molecule has 1 heterocycles. The molecule has 122 valence electrons. The predicted molar refractivity (Wildman–Crippen MR) is 89.3 cm³/mol. The van der Waals surface area contributed by atoms with Gasteiger partial charge in [-0.25, -0.2) is 0 Å². The molecule has 1 aliphatic heterocycles. The van der Waals surface area contributed by atoms with Crippen LogP contribution in [0, 0.1) is 5.92 Å². The zero-order chi connectivity index (χ0) is 15.9. The number of nitrogens with two attached hydrogens (primary N) is 1. The fourth-order valence-corrected chi connectivity index (χ4v) is 3.23. The smallest absolute Gasteiger partial charge is 0.159 e. The van der Waals surface area contributed by atoms with Crippen LogP contribution < -0.4 is 10.5 Å². The first-order chi connectivity index (χ1) is 10.6. The molecule has 1 unspecified atom stereocenters. The van der Waals surface area contributed by atoms with Gasteiger partial charge in [-0.1, -0.05) is 0 Å². The van der Waals surface area contributed by atoms with Crippen molar-refractivity contribution in [1.29, 1.82) is 0 Å². The Labute approximate surface area is 133 Å². The summed E-state index contributed by atoms with van der Waals surface area (Å²) in [7, 11) is 0. The van der Waals surface area contributed by atoms with Gasteiger partial charge in [-0.05, 0) is 70.3 Å². The summed E-state index contributed by atoms with van der Waals surface area (Å²) < 4.78 is 5.73. The average molecular weight is 304 g/mol. The molecule has 1 aromatic rings. The summed E-state index contributed by atoms with van der Waals surface area (Å²) in [5.41, 5.74) is 7.57. The monoisotopic (exact) mass is 304 g/mol. The number of rotatable bonds is 7. The third-order valence-electron chi connectivity index (χ3n) is 4.34. The van der Waals surface area contributed by atoms with Gasteiger partial charge in [-0.3, -0.25) is 9.69 Å². The quantitative estimate of drug-likeness (QED) is 0.787. The van der Waals surface area contributed by atoms with E-state index in [1.165, 1.54) is 12.8 Å². The van der Waals surface area contributed by atoms with Crippen LogP contribution in [0.1, 0.15) is 49.0 Å². The van der Waals surface area contributed by atoms with Crippen molar-refractivity contribution in [2.75, 3.05) is 26.2 Å². The van der Waals surface area contributed by atoms with Gasteiger partial charge in [-0.15, -0.1) is 0 Å². The topological polar surface area (TPSA) is 55.6 Å². The molecule has 0 amide bonds. The van der Waals surface area contributed by atoms with Crippen LogP contribution in [-0.4, -0.2) is 36.9 Å². The van der Waals surface area contributed by atoms with E-state index in [0.717, 1.165) is 49.5 Å². The molecule has 0 aliphatic carbocycles. The fraction of sp³-hybridized carbons (Fsp3) is 0.611. The van der Waals surface area contributed by atoms with E-state index in [2.05, 4.69) is 4.90 Å². The number of hydrogen-bond acceptors (Lipinski definition) is 4. The Morgan fingerprint density at radius 3 is 2.95 bits per heavy atom. The second-order valence-corrected chi connectivity index (χ2v) is 6.13. The zero-order valence-corrected chi connectivity index (χ0v) is 13.8. The van der Waals surface area contributed by atoms with Gasteiger partial charge in [0.2, 0.25) is 0 Å². The van der Waals surface area contributed by atoms with Gasteiger partial charge in [0.1, 0.15) is 5.75 Å². The molecule has 0 aromatic heterocycles. The van der Waals surface area contributed by atoms with Crippen molar-refractivity contribution in [3.05, 3.63) is 29.3 Å². The van der Waals surface area contributed by atoms with Crippen LogP contribution >= 0.6 is 0 Å². The second-order valence-electron chi connectivity index (χ2n) is 6.13. The molecule has 0 spiro atoms. The van der Waals surface area contributed by atoms with Crippen LogP contribution in [-0.2, 0) is 6.54 Å². The largest absolute Gasteiger partial charge is 0.494 e. The Hall–Kier alpha value is -1.39. The number of carbonyl (C=O) groups excluding carboxylic acids is 1. The number of benzene rings is 1. The SMILES string of the molecule is CCOc1ccc(C(C)=O)cc1CN1CCCC(CCN)C1. The molecule has 2 rings (SSSR count). The highest BCUT2D eigenvalue weighted by atomic mass is 16.5. The summed E-state index contributed by atoms with van der Waals surface area (Å²) in [5, 5.41) is 0. The maximum Gasteiger partial charge on any atom is 0.159 e. The number of ether oxygens (including phenoxy) is 1. The lowest BCUT2D eigenvalue weighted by atomic mass is 9.94. The third kappa shape index (κ3) is 4.55. The third-order valence-corrected chi connectivity index (χ3v) is 4.34. The van der Waals surface area contributed by atoms with E-state index >= 15 is 0 Å². The number of piperidine rings is 1. The molecule has 1 aromatic carbocycles. The number of nitrogens with zero attached hydrogens (tertiary/aromatic N) is 1. The van der Waals surface area contributed by atoms with Gasteiger partial charge in [0.05, 0.1) is 6.61 Å². The average Bonchev–Trinajstić information content (AvgIpc) is 2.50. The molecule has 0 saturated carbocycles. The van der Waals surface area contributed by atoms with Crippen molar-refractivity contribution in [3.8, 4) is 5.75 Å². The minimum atomic E-state index is 0.101. The highest BCUT2D eigenvalue weighted by Crippen LogP contribution is 2.26. The molecule has 22 heavy (non-hydrogen) atoms. The minimum absolute atomic E-state index is 0.101. The van der Waals surface area contributed by atoms with Crippen LogP contribution in [0.4, 0.5) is 0 Å². The maximum absolute atomic E-state index is 11.6. The van der Waals surface area contributed by atoms with E-state index in [1.807, 2.05) is 25.1 Å². The minimum Gasteiger partial charge on any atom is -0.494 e. The van der Waals surface area contributed by atoms with Crippen LogP contribution in [0.2, 0.25) is 0 Å². The summed E-state index contributed by atoms with van der Waals surface area (Å²) >= 11 is 0. The van der Waals surface area contributed by atoms with Gasteiger partial charge in [-0.2, -0.15) is 0 Å². The number of Topliss-reactive ketones (excluding diaryl/α,β-unsaturated/α-hetero) is 1. The van der Waals surface area contributed by atoms with Crippen molar-refractivity contribution in [1.82, 2.24) is 4.90 Å². The molecular weight excluding hydrogens is 276 g/mol. The Morgan fingerprint density at radius 1 is 1.45 bits per heavy atom. The standard InChI is InChI=1S/C18H28N2O2/c1-3-22-18-7-6-16(14(2)21)11-17(18)13-20-10-4-5-15(12-20)8-9-19/h6-7,11,15H,3-5,8-10,12-13,19H2,1-2H3. The van der Waals surface area contributed by atoms with Crippen LogP contribution in [0.15, 0.2) is 18.2 Å². The molecule has 1 fully saturated rings. The normalized spacial score (nSPS) is 19.1. The molecule has 1 saturated heterocycles. The predicted octanol–water partition coefficient (Wildman–Crippen LogP) is 2.85. The number of ketones is 1. The summed E-state index contributed by atoms with van der Waals surface area (Å²) in [4.78, 5) is 14.1. The van der Waals surface area contributed by atoms with E-state index in [-0.39, 0.29) is 5.78 Å². The number of likely N-dealkylation sites (tertiary alicyclic amines) is 1. The van der Waals surface area contributed by atoms with Gasteiger partial charge in [0, 0.05) is 24.2 Å². The highest BCUT2D eigenvalue weighted by Gasteiger charge is 2.20. The summed E-state index contributed by atoms with van der Waals surface area (Å²) in [6, 6.07) is 5.76. The molecule has 4 nitrogen and oxygen atoms in total. The molecule has 1 atom stereocenters. The van der Waals surface area contributed by atoms with Gasteiger partial charge in [0.25, 0.3) is 0 Å².